The molecule has 2 rings (SSSR count). The van der Waals surface area contributed by atoms with Gasteiger partial charge in [0.1, 0.15) is 6.54 Å². The van der Waals surface area contributed by atoms with E-state index in [1.807, 2.05) is 0 Å². The van der Waals surface area contributed by atoms with Crippen LogP contribution < -0.4 is 0 Å². The summed E-state index contributed by atoms with van der Waals surface area (Å²) in [7, 11) is 0. The Hall–Kier alpha value is -1.59. The van der Waals surface area contributed by atoms with Crippen molar-refractivity contribution in [2.24, 2.45) is 11.0 Å². The number of hydrogen-bond donors (Lipinski definition) is 1. The van der Waals surface area contributed by atoms with Crippen molar-refractivity contribution < 1.29 is 19.4 Å². The number of carboxylic acid groups (broad SMARTS) is 1. The van der Waals surface area contributed by atoms with Gasteiger partial charge in [-0.3, -0.25) is 9.59 Å². The fraction of sp³-hybridized carbons (Fsp3) is 0.625. The van der Waals surface area contributed by atoms with Gasteiger partial charge in [-0.05, 0) is 12.8 Å². The van der Waals surface area contributed by atoms with Crippen LogP contribution in [0, 0.1) is 5.92 Å². The van der Waals surface area contributed by atoms with Crippen molar-refractivity contribution in [3.05, 3.63) is 0 Å². The minimum absolute atomic E-state index is 0.241. The zero-order chi connectivity index (χ0) is 10.1. The summed E-state index contributed by atoms with van der Waals surface area (Å²) in [6.07, 6.45) is 2.55. The lowest BCUT2D eigenvalue weighted by Gasteiger charge is -2.24. The maximum absolute atomic E-state index is 11.6. The first kappa shape index (κ1) is 8.98. The van der Waals surface area contributed by atoms with Gasteiger partial charge >= 0.3 is 5.97 Å². The summed E-state index contributed by atoms with van der Waals surface area (Å²) >= 11 is 0. The highest BCUT2D eigenvalue weighted by Crippen LogP contribution is 2.35. The van der Waals surface area contributed by atoms with Crippen molar-refractivity contribution in [1.29, 1.82) is 0 Å². The Morgan fingerprint density at radius 3 is 3.00 bits per heavy atom. The molecule has 1 heterocycles. The predicted molar refractivity (Wildman–Crippen MR) is 45.4 cm³/mol. The molecular formula is C8H10N2O4. The zero-order valence-corrected chi connectivity index (χ0v) is 7.42. The van der Waals surface area contributed by atoms with Gasteiger partial charge in [0.15, 0.2) is 12.5 Å². The molecular weight excluding hydrogens is 188 g/mol. The van der Waals surface area contributed by atoms with Crippen LogP contribution in [0.25, 0.3) is 0 Å². The minimum Gasteiger partial charge on any atom is -0.480 e. The molecule has 0 radical (unpaired) electrons. The van der Waals surface area contributed by atoms with E-state index >= 15 is 0 Å². The molecule has 6 heteroatoms. The second-order valence-corrected chi connectivity index (χ2v) is 3.40. The monoisotopic (exact) mass is 198 g/mol. The molecule has 1 N–H and O–H groups in total. The smallest absolute Gasteiger partial charge is 0.325 e. The number of hydrazone groups is 1. The van der Waals surface area contributed by atoms with Crippen LogP contribution in [0.2, 0.25) is 0 Å². The van der Waals surface area contributed by atoms with Crippen LogP contribution in [0.4, 0.5) is 0 Å². The second kappa shape index (κ2) is 3.28. The lowest BCUT2D eigenvalue weighted by atomic mass is 10.2. The maximum atomic E-state index is 11.6. The first-order valence-electron chi connectivity index (χ1n) is 4.39. The molecule has 1 atom stereocenters. The van der Waals surface area contributed by atoms with Gasteiger partial charge in [0.2, 0.25) is 0 Å². The van der Waals surface area contributed by atoms with E-state index in [4.69, 9.17) is 9.84 Å². The van der Waals surface area contributed by atoms with E-state index in [1.54, 1.807) is 0 Å². The molecule has 1 aliphatic heterocycles. The number of carboxylic acids is 1. The van der Waals surface area contributed by atoms with Crippen molar-refractivity contribution >= 4 is 18.3 Å². The average molecular weight is 198 g/mol. The van der Waals surface area contributed by atoms with Gasteiger partial charge in [-0.25, -0.2) is 5.01 Å². The number of rotatable bonds is 3. The molecule has 76 valence electrons. The first-order chi connectivity index (χ1) is 6.68. The van der Waals surface area contributed by atoms with Gasteiger partial charge in [-0.2, -0.15) is 0 Å². The molecule has 14 heavy (non-hydrogen) atoms. The topological polar surface area (TPSA) is 79.2 Å². The predicted octanol–water partition coefficient (Wildman–Crippen LogP) is -0.348. The Morgan fingerprint density at radius 2 is 2.43 bits per heavy atom. The first-order valence-corrected chi connectivity index (χ1v) is 4.39. The van der Waals surface area contributed by atoms with Crippen LogP contribution in [-0.2, 0) is 14.3 Å². The summed E-state index contributed by atoms with van der Waals surface area (Å²) < 4.78 is 5.05. The molecule has 1 amide bonds. The largest absolute Gasteiger partial charge is 0.480 e. The van der Waals surface area contributed by atoms with E-state index in [0.717, 1.165) is 24.3 Å². The fourth-order valence-corrected chi connectivity index (χ4v) is 1.37. The van der Waals surface area contributed by atoms with Crippen molar-refractivity contribution in [2.75, 3.05) is 6.54 Å². The highest BCUT2D eigenvalue weighted by molar-refractivity contribution is 5.87. The number of hydrogen-bond acceptors (Lipinski definition) is 4. The third-order valence-electron chi connectivity index (χ3n) is 2.23. The minimum atomic E-state index is -1.08. The lowest BCUT2D eigenvalue weighted by Crippen LogP contribution is -2.44. The molecule has 0 spiro atoms. The third-order valence-corrected chi connectivity index (χ3v) is 2.23. The summed E-state index contributed by atoms with van der Waals surface area (Å²) in [4.78, 5) is 22.0. The van der Waals surface area contributed by atoms with Gasteiger partial charge in [-0.15, -0.1) is 5.10 Å². The molecule has 2 aliphatic rings. The molecule has 1 fully saturated rings. The van der Waals surface area contributed by atoms with Crippen LogP contribution in [-0.4, -0.2) is 41.0 Å². The van der Waals surface area contributed by atoms with E-state index in [2.05, 4.69) is 5.10 Å². The molecule has 1 unspecified atom stereocenters. The van der Waals surface area contributed by atoms with Gasteiger partial charge in [-0.1, -0.05) is 0 Å². The molecule has 1 aliphatic carbocycles. The zero-order valence-electron chi connectivity index (χ0n) is 7.42. The number of aliphatic carboxylic acids is 1. The van der Waals surface area contributed by atoms with Crippen LogP contribution in [0.3, 0.4) is 0 Å². The van der Waals surface area contributed by atoms with E-state index in [1.165, 1.54) is 0 Å². The Morgan fingerprint density at radius 1 is 1.71 bits per heavy atom. The Bertz CT molecular complexity index is 298. The van der Waals surface area contributed by atoms with Crippen LogP contribution in [0.5, 0.6) is 0 Å². The lowest BCUT2D eigenvalue weighted by molar-refractivity contribution is -0.150. The third kappa shape index (κ3) is 1.68. The molecule has 0 aromatic carbocycles. The molecule has 1 saturated carbocycles. The maximum Gasteiger partial charge on any atom is 0.325 e. The second-order valence-electron chi connectivity index (χ2n) is 3.40. The molecule has 0 aromatic rings. The molecule has 6 nitrogen and oxygen atoms in total. The molecule has 0 bridgehead atoms. The molecule has 0 saturated heterocycles. The summed E-state index contributed by atoms with van der Waals surface area (Å²) in [6, 6.07) is 0. The van der Waals surface area contributed by atoms with Gasteiger partial charge in [0.05, 0.1) is 0 Å². The van der Waals surface area contributed by atoms with E-state index in [9.17, 15) is 9.59 Å². The van der Waals surface area contributed by atoms with Crippen molar-refractivity contribution in [1.82, 2.24) is 5.01 Å². The van der Waals surface area contributed by atoms with E-state index < -0.39 is 18.6 Å². The summed E-state index contributed by atoms with van der Waals surface area (Å²) in [5.41, 5.74) is 0. The SMILES string of the molecule is O=C(O)CN1N=COC(C2CC2)C1=O. The normalized spacial score (nSPS) is 26.1. The Balaban J connectivity index is 2.03. The number of amides is 1. The number of carbonyl (C=O) groups is 2. The quantitative estimate of drug-likeness (QED) is 0.672. The van der Waals surface area contributed by atoms with Crippen molar-refractivity contribution in [3.8, 4) is 0 Å². The summed E-state index contributed by atoms with van der Waals surface area (Å²) in [5.74, 6) is -1.19. The average Bonchev–Trinajstić information content (AvgIpc) is 2.91. The standard InChI is InChI=1S/C8H10N2O4/c11-6(12)3-10-8(13)7(5-1-2-5)14-4-9-10/h4-5,7H,1-3H2,(H,11,12). The molecule has 0 aromatic heterocycles. The van der Waals surface area contributed by atoms with E-state index in [-0.39, 0.29) is 11.8 Å². The summed E-state index contributed by atoms with van der Waals surface area (Å²) in [6.45, 7) is -0.401. The van der Waals surface area contributed by atoms with Crippen molar-refractivity contribution in [2.45, 2.75) is 18.9 Å². The number of nitrogens with zero attached hydrogens (tertiary/aromatic N) is 2. The van der Waals surface area contributed by atoms with Crippen LogP contribution >= 0.6 is 0 Å². The van der Waals surface area contributed by atoms with Gasteiger partial charge in [0, 0.05) is 5.92 Å². The Labute approximate surface area is 80.1 Å². The van der Waals surface area contributed by atoms with Crippen LogP contribution in [0.1, 0.15) is 12.8 Å². The highest BCUT2D eigenvalue weighted by Gasteiger charge is 2.41. The number of carbonyl (C=O) groups excluding carboxylic acids is 1. The van der Waals surface area contributed by atoms with Gasteiger partial charge < -0.3 is 9.84 Å². The Kier molecular flexibility index (Phi) is 2.11. The van der Waals surface area contributed by atoms with Crippen molar-refractivity contribution in [3.63, 3.8) is 0 Å². The van der Waals surface area contributed by atoms with Crippen LogP contribution in [0.15, 0.2) is 5.10 Å². The fourth-order valence-electron chi connectivity index (χ4n) is 1.37. The number of ether oxygens (including phenoxy) is 1. The highest BCUT2D eigenvalue weighted by atomic mass is 16.5. The van der Waals surface area contributed by atoms with E-state index in [0.29, 0.717) is 0 Å². The van der Waals surface area contributed by atoms with Gasteiger partial charge in [0.25, 0.3) is 5.91 Å². The summed E-state index contributed by atoms with van der Waals surface area (Å²) in [5, 5.41) is 13.0.